The van der Waals surface area contributed by atoms with Gasteiger partial charge in [-0.1, -0.05) is 41.9 Å². The molecule has 0 aliphatic carbocycles. The molecule has 0 bridgehead atoms. The van der Waals surface area contributed by atoms with Gasteiger partial charge < -0.3 is 20.1 Å². The molecule has 2 N–H and O–H groups in total. The molecule has 11 heteroatoms. The maximum Gasteiger partial charge on any atom is 0.243 e. The standard InChI is InChI=1S/C29H31ClN4O5S/c1-38-27-11-9-23(19-28(27)39-2)40(36,37)34(17-13-21-6-4-3-5-7-21)20-29(35)33-16-15-32-25-12-14-31-26-18-22(30)8-10-24(25)26/h3-12,14,18-19H,13,15-17,20H2,1-2H3,(H,31,32)(H,33,35). The van der Waals surface area contributed by atoms with Crippen LogP contribution in [0.2, 0.25) is 5.02 Å². The fraction of sp³-hybridized carbons (Fsp3) is 0.241. The molecule has 0 atom stereocenters. The lowest BCUT2D eigenvalue weighted by molar-refractivity contribution is -0.121. The molecule has 0 aliphatic heterocycles. The molecule has 0 saturated heterocycles. The summed E-state index contributed by atoms with van der Waals surface area (Å²) >= 11 is 6.06. The maximum atomic E-state index is 13.6. The van der Waals surface area contributed by atoms with E-state index in [4.69, 9.17) is 21.1 Å². The van der Waals surface area contributed by atoms with Crippen LogP contribution in [-0.4, -0.2) is 64.0 Å². The monoisotopic (exact) mass is 582 g/mol. The molecule has 1 aromatic heterocycles. The number of carbonyl (C=O) groups excluding carboxylic acids is 1. The zero-order valence-electron chi connectivity index (χ0n) is 22.3. The molecule has 1 amide bonds. The summed E-state index contributed by atoms with van der Waals surface area (Å²) in [5.41, 5.74) is 2.58. The number of methoxy groups -OCH3 is 2. The Morgan fingerprint density at radius 1 is 0.950 bits per heavy atom. The van der Waals surface area contributed by atoms with E-state index in [1.165, 1.54) is 36.7 Å². The van der Waals surface area contributed by atoms with Crippen molar-refractivity contribution in [2.45, 2.75) is 11.3 Å². The predicted molar refractivity (Wildman–Crippen MR) is 157 cm³/mol. The number of hydrogen-bond donors (Lipinski definition) is 2. The number of hydrogen-bond acceptors (Lipinski definition) is 7. The normalized spacial score (nSPS) is 11.4. The molecule has 1 heterocycles. The molecule has 0 saturated carbocycles. The number of fused-ring (bicyclic) bond motifs is 1. The molecule has 9 nitrogen and oxygen atoms in total. The Morgan fingerprint density at radius 3 is 2.48 bits per heavy atom. The van der Waals surface area contributed by atoms with Gasteiger partial charge in [-0.25, -0.2) is 8.42 Å². The number of aromatic nitrogens is 1. The first-order valence-electron chi connectivity index (χ1n) is 12.6. The predicted octanol–water partition coefficient (Wildman–Crippen LogP) is 4.37. The SMILES string of the molecule is COc1ccc(S(=O)(=O)N(CCc2ccccc2)CC(=O)NCCNc2ccnc3cc(Cl)ccc23)cc1OC. The highest BCUT2D eigenvalue weighted by atomic mass is 35.5. The second-order valence-corrected chi connectivity index (χ2v) is 11.3. The van der Waals surface area contributed by atoms with Gasteiger partial charge in [-0.3, -0.25) is 9.78 Å². The van der Waals surface area contributed by atoms with Crippen molar-refractivity contribution in [3.8, 4) is 11.5 Å². The summed E-state index contributed by atoms with van der Waals surface area (Å²) < 4.78 is 39.0. The van der Waals surface area contributed by atoms with E-state index in [-0.39, 0.29) is 23.7 Å². The third kappa shape index (κ3) is 7.20. The Bertz CT molecular complexity index is 1570. The highest BCUT2D eigenvalue weighted by molar-refractivity contribution is 7.89. The molecule has 0 unspecified atom stereocenters. The molecular formula is C29H31ClN4O5S. The second-order valence-electron chi connectivity index (χ2n) is 8.89. The Labute approximate surface area is 239 Å². The number of amides is 1. The van der Waals surface area contributed by atoms with Gasteiger partial charge in [0.2, 0.25) is 15.9 Å². The number of nitrogens with one attached hydrogen (secondary N) is 2. The number of halogens is 1. The van der Waals surface area contributed by atoms with E-state index in [1.54, 1.807) is 18.3 Å². The summed E-state index contributed by atoms with van der Waals surface area (Å²) in [5.74, 6) is 0.283. The minimum atomic E-state index is -4.02. The number of pyridine rings is 1. The topological polar surface area (TPSA) is 110 Å². The Balaban J connectivity index is 1.43. The van der Waals surface area contributed by atoms with E-state index >= 15 is 0 Å². The number of sulfonamides is 1. The fourth-order valence-electron chi connectivity index (χ4n) is 4.20. The largest absolute Gasteiger partial charge is 0.493 e. The van der Waals surface area contributed by atoms with Crippen molar-refractivity contribution in [2.75, 3.05) is 45.7 Å². The van der Waals surface area contributed by atoms with E-state index in [0.717, 1.165) is 22.2 Å². The number of anilines is 1. The van der Waals surface area contributed by atoms with Gasteiger partial charge in [-0.15, -0.1) is 0 Å². The van der Waals surface area contributed by atoms with Crippen molar-refractivity contribution in [2.24, 2.45) is 0 Å². The molecule has 0 fully saturated rings. The smallest absolute Gasteiger partial charge is 0.243 e. The lowest BCUT2D eigenvalue weighted by Crippen LogP contribution is -2.42. The summed E-state index contributed by atoms with van der Waals surface area (Å²) in [6, 6.07) is 21.2. The first-order chi connectivity index (χ1) is 19.3. The summed E-state index contributed by atoms with van der Waals surface area (Å²) in [7, 11) is -1.11. The number of nitrogens with zero attached hydrogens (tertiary/aromatic N) is 2. The first kappa shape index (κ1) is 29.1. The zero-order valence-corrected chi connectivity index (χ0v) is 23.8. The van der Waals surface area contributed by atoms with Crippen molar-refractivity contribution in [3.05, 3.63) is 89.6 Å². The van der Waals surface area contributed by atoms with Crippen LogP contribution in [0.5, 0.6) is 11.5 Å². The highest BCUT2D eigenvalue weighted by Crippen LogP contribution is 2.31. The van der Waals surface area contributed by atoms with E-state index in [1.807, 2.05) is 42.5 Å². The van der Waals surface area contributed by atoms with Crippen LogP contribution in [0.3, 0.4) is 0 Å². The van der Waals surface area contributed by atoms with Gasteiger partial charge in [0.15, 0.2) is 11.5 Å². The Hall–Kier alpha value is -3.86. The molecule has 40 heavy (non-hydrogen) atoms. The lowest BCUT2D eigenvalue weighted by Gasteiger charge is -2.22. The van der Waals surface area contributed by atoms with Crippen molar-refractivity contribution >= 4 is 44.1 Å². The summed E-state index contributed by atoms with van der Waals surface area (Å²) in [4.78, 5) is 17.3. The van der Waals surface area contributed by atoms with E-state index in [0.29, 0.717) is 30.3 Å². The average Bonchev–Trinajstić information content (AvgIpc) is 2.97. The van der Waals surface area contributed by atoms with Crippen LogP contribution in [-0.2, 0) is 21.2 Å². The van der Waals surface area contributed by atoms with Crippen molar-refractivity contribution < 1.29 is 22.7 Å². The number of carbonyl (C=O) groups is 1. The Kier molecular flexibility index (Phi) is 9.81. The van der Waals surface area contributed by atoms with Crippen LogP contribution < -0.4 is 20.1 Å². The second kappa shape index (κ2) is 13.5. The van der Waals surface area contributed by atoms with E-state index in [2.05, 4.69) is 15.6 Å². The number of benzene rings is 3. The van der Waals surface area contributed by atoms with E-state index < -0.39 is 15.9 Å². The van der Waals surface area contributed by atoms with Crippen LogP contribution in [0.4, 0.5) is 5.69 Å². The van der Waals surface area contributed by atoms with Gasteiger partial charge in [-0.05, 0) is 48.4 Å². The van der Waals surface area contributed by atoms with Crippen molar-refractivity contribution in [1.29, 1.82) is 0 Å². The van der Waals surface area contributed by atoms with Gasteiger partial charge in [0.25, 0.3) is 0 Å². The maximum absolute atomic E-state index is 13.6. The zero-order chi connectivity index (χ0) is 28.5. The summed E-state index contributed by atoms with van der Waals surface area (Å²) in [6.07, 6.45) is 2.13. The molecular weight excluding hydrogens is 552 g/mol. The van der Waals surface area contributed by atoms with Gasteiger partial charge >= 0.3 is 0 Å². The number of ether oxygens (including phenoxy) is 2. The molecule has 4 aromatic rings. The lowest BCUT2D eigenvalue weighted by atomic mass is 10.1. The molecule has 0 aliphatic rings. The quantitative estimate of drug-likeness (QED) is 0.225. The third-order valence-corrected chi connectivity index (χ3v) is 8.35. The van der Waals surface area contributed by atoms with E-state index in [9.17, 15) is 13.2 Å². The molecule has 4 rings (SSSR count). The first-order valence-corrected chi connectivity index (χ1v) is 14.4. The molecule has 210 valence electrons. The van der Waals surface area contributed by atoms with Gasteiger partial charge in [0, 0.05) is 48.0 Å². The van der Waals surface area contributed by atoms with Crippen molar-refractivity contribution in [1.82, 2.24) is 14.6 Å². The average molecular weight is 583 g/mol. The van der Waals surface area contributed by atoms with Crippen LogP contribution in [0, 0.1) is 0 Å². The molecule has 0 radical (unpaired) electrons. The highest BCUT2D eigenvalue weighted by Gasteiger charge is 2.27. The van der Waals surface area contributed by atoms with Crippen LogP contribution in [0.25, 0.3) is 10.9 Å². The molecule has 3 aromatic carbocycles. The van der Waals surface area contributed by atoms with Gasteiger partial charge in [0.05, 0.1) is 31.2 Å². The van der Waals surface area contributed by atoms with Gasteiger partial charge in [-0.2, -0.15) is 4.31 Å². The Morgan fingerprint density at radius 2 is 1.73 bits per heavy atom. The summed E-state index contributed by atoms with van der Waals surface area (Å²) in [5, 5.41) is 7.61. The van der Waals surface area contributed by atoms with Crippen LogP contribution >= 0.6 is 11.6 Å². The summed E-state index contributed by atoms with van der Waals surface area (Å²) in [6.45, 7) is 0.511. The van der Waals surface area contributed by atoms with Crippen LogP contribution in [0.15, 0.2) is 83.9 Å². The van der Waals surface area contributed by atoms with Crippen LogP contribution in [0.1, 0.15) is 5.56 Å². The fourth-order valence-corrected chi connectivity index (χ4v) is 5.78. The van der Waals surface area contributed by atoms with Gasteiger partial charge in [0.1, 0.15) is 0 Å². The minimum absolute atomic E-state index is 0.0114. The molecule has 0 spiro atoms. The minimum Gasteiger partial charge on any atom is -0.493 e. The number of rotatable bonds is 13. The van der Waals surface area contributed by atoms with Crippen molar-refractivity contribution in [3.63, 3.8) is 0 Å². The third-order valence-electron chi connectivity index (χ3n) is 6.27.